The van der Waals surface area contributed by atoms with Gasteiger partial charge in [0.05, 0.1) is 6.10 Å². The Bertz CT molecular complexity index is 237. The summed E-state index contributed by atoms with van der Waals surface area (Å²) in [6.07, 6.45) is 5.65. The standard InChI is InChI=1S/C13H24O2.2Ac/c1-9(8-14)10-5-6-11-12(15)4-3-7-13(10,11)2;;/h9-12,14-15H,3-8H2,1-2H3;;/t9-,10-,11?,12?,13-;;/m1../s1. The van der Waals surface area contributed by atoms with Gasteiger partial charge in [0.2, 0.25) is 0 Å². The first-order chi connectivity index (χ1) is 7.09. The predicted octanol–water partition coefficient (Wildman–Crippen LogP) is 2.19. The normalized spacial score (nSPS) is 42.0. The van der Waals surface area contributed by atoms with Crippen LogP contribution in [-0.2, 0) is 0 Å². The van der Waals surface area contributed by atoms with Crippen LogP contribution in [0.25, 0.3) is 0 Å². The van der Waals surface area contributed by atoms with E-state index in [2.05, 4.69) is 13.8 Å². The van der Waals surface area contributed by atoms with Crippen molar-refractivity contribution in [1.29, 1.82) is 0 Å². The van der Waals surface area contributed by atoms with E-state index < -0.39 is 0 Å². The van der Waals surface area contributed by atoms with Crippen LogP contribution in [0.5, 0.6) is 0 Å². The molecular formula is C13H24Ac2O2. The number of aliphatic hydroxyl groups excluding tert-OH is 2. The Morgan fingerprint density at radius 2 is 1.88 bits per heavy atom. The van der Waals surface area contributed by atoms with Crippen LogP contribution in [-0.4, -0.2) is 22.9 Å². The van der Waals surface area contributed by atoms with E-state index in [0.717, 1.165) is 19.3 Å². The van der Waals surface area contributed by atoms with Crippen LogP contribution in [0.2, 0.25) is 0 Å². The minimum absolute atomic E-state index is 0. The fourth-order valence-electron chi connectivity index (χ4n) is 4.25. The Morgan fingerprint density at radius 1 is 1.24 bits per heavy atom. The molecule has 2 saturated carbocycles. The molecule has 2 unspecified atom stereocenters. The van der Waals surface area contributed by atoms with Crippen LogP contribution in [0.3, 0.4) is 0 Å². The average Bonchev–Trinajstić information content (AvgIpc) is 2.56. The molecule has 0 aromatic rings. The summed E-state index contributed by atoms with van der Waals surface area (Å²) in [5.41, 5.74) is 0.291. The largest absolute Gasteiger partial charge is 0.396 e. The van der Waals surface area contributed by atoms with Gasteiger partial charge in [0.25, 0.3) is 0 Å². The van der Waals surface area contributed by atoms with E-state index in [-0.39, 0.29) is 94.2 Å². The molecule has 4 heteroatoms. The summed E-state index contributed by atoms with van der Waals surface area (Å²) in [5, 5.41) is 19.4. The van der Waals surface area contributed by atoms with E-state index >= 15 is 0 Å². The Balaban J connectivity index is 0.00000128. The minimum Gasteiger partial charge on any atom is -0.396 e. The van der Waals surface area contributed by atoms with Gasteiger partial charge in [-0.25, -0.2) is 0 Å². The zero-order valence-corrected chi connectivity index (χ0v) is 20.6. The molecule has 2 N–H and O–H groups in total. The van der Waals surface area contributed by atoms with Crippen molar-refractivity contribution >= 4 is 0 Å². The predicted molar refractivity (Wildman–Crippen MR) is 60.4 cm³/mol. The third kappa shape index (κ3) is 3.92. The third-order valence-corrected chi connectivity index (χ3v) is 5.14. The molecule has 0 aromatic heterocycles. The molecule has 0 spiro atoms. The SMILES string of the molecule is C[C@H](CO)[C@H]1CCC2C(O)CCC[C@@]21C.[Ac].[Ac]. The number of aliphatic hydroxyl groups is 2. The molecule has 2 nitrogen and oxygen atoms in total. The minimum atomic E-state index is -0.0837. The fraction of sp³-hybridized carbons (Fsp3) is 1.00. The van der Waals surface area contributed by atoms with Crippen LogP contribution in [0, 0.1) is 111 Å². The average molecular weight is 666 g/mol. The molecule has 0 heterocycles. The van der Waals surface area contributed by atoms with Crippen LogP contribution in [0.1, 0.15) is 46.0 Å². The van der Waals surface area contributed by atoms with Crippen molar-refractivity contribution < 1.29 is 98.3 Å². The second-order valence-electron chi connectivity index (χ2n) is 5.92. The molecule has 0 bridgehead atoms. The summed E-state index contributed by atoms with van der Waals surface area (Å²) in [5.74, 6) is 1.50. The zero-order valence-electron chi connectivity index (χ0n) is 11.1. The summed E-state index contributed by atoms with van der Waals surface area (Å²) in [7, 11) is 0. The molecule has 0 aliphatic heterocycles. The van der Waals surface area contributed by atoms with Crippen LogP contribution in [0.4, 0.5) is 0 Å². The van der Waals surface area contributed by atoms with E-state index in [1.165, 1.54) is 12.8 Å². The van der Waals surface area contributed by atoms with Gasteiger partial charge in [-0.1, -0.05) is 20.3 Å². The molecule has 2 radical (unpaired) electrons. The molecular weight excluding hydrogens is 642 g/mol. The van der Waals surface area contributed by atoms with Gasteiger partial charge in [0.1, 0.15) is 0 Å². The number of hydrogen-bond acceptors (Lipinski definition) is 2. The molecule has 2 aliphatic carbocycles. The van der Waals surface area contributed by atoms with Crippen molar-refractivity contribution in [2.24, 2.45) is 23.2 Å². The number of fused-ring (bicyclic) bond motifs is 1. The van der Waals surface area contributed by atoms with Gasteiger partial charge in [-0.05, 0) is 48.9 Å². The van der Waals surface area contributed by atoms with Gasteiger partial charge >= 0.3 is 0 Å². The molecule has 0 saturated heterocycles. The fourth-order valence-corrected chi connectivity index (χ4v) is 4.25. The maximum Gasteiger partial charge on any atom is 0.0573 e. The van der Waals surface area contributed by atoms with Gasteiger partial charge in [0, 0.05) is 94.7 Å². The maximum absolute atomic E-state index is 10.1. The molecule has 2 rings (SSSR count). The van der Waals surface area contributed by atoms with Gasteiger partial charge in [0.15, 0.2) is 0 Å². The van der Waals surface area contributed by atoms with E-state index in [4.69, 9.17) is 0 Å². The number of rotatable bonds is 2. The van der Waals surface area contributed by atoms with Gasteiger partial charge in [-0.15, -0.1) is 0 Å². The summed E-state index contributed by atoms with van der Waals surface area (Å²) in [4.78, 5) is 0. The van der Waals surface area contributed by atoms with Gasteiger partial charge in [-0.2, -0.15) is 0 Å². The molecule has 0 aromatic carbocycles. The van der Waals surface area contributed by atoms with Gasteiger partial charge in [-0.3, -0.25) is 0 Å². The summed E-state index contributed by atoms with van der Waals surface area (Å²) in [6, 6.07) is 0. The van der Waals surface area contributed by atoms with E-state index in [9.17, 15) is 10.2 Å². The molecule has 94 valence electrons. The van der Waals surface area contributed by atoms with Crippen molar-refractivity contribution in [1.82, 2.24) is 0 Å². The molecule has 17 heavy (non-hydrogen) atoms. The number of hydrogen-bond donors (Lipinski definition) is 2. The van der Waals surface area contributed by atoms with E-state index in [1.54, 1.807) is 0 Å². The first-order valence-electron chi connectivity index (χ1n) is 6.38. The second kappa shape index (κ2) is 8.30. The molecule has 2 aliphatic rings. The maximum atomic E-state index is 10.1. The molecule has 5 atom stereocenters. The van der Waals surface area contributed by atoms with Crippen LogP contribution < -0.4 is 0 Å². The van der Waals surface area contributed by atoms with E-state index in [1.807, 2.05) is 0 Å². The Hall–Kier alpha value is 2.80. The zero-order chi connectivity index (χ0) is 11.1. The Morgan fingerprint density at radius 3 is 2.47 bits per heavy atom. The first kappa shape index (κ1) is 19.8. The monoisotopic (exact) mass is 666 g/mol. The van der Waals surface area contributed by atoms with Crippen molar-refractivity contribution in [3.05, 3.63) is 0 Å². The second-order valence-corrected chi connectivity index (χ2v) is 5.92. The van der Waals surface area contributed by atoms with Crippen LogP contribution >= 0.6 is 0 Å². The Labute approximate surface area is 177 Å². The van der Waals surface area contributed by atoms with Crippen LogP contribution in [0.15, 0.2) is 0 Å². The topological polar surface area (TPSA) is 40.5 Å². The quantitative estimate of drug-likeness (QED) is 0.475. The van der Waals surface area contributed by atoms with E-state index in [0.29, 0.717) is 29.8 Å². The first-order valence-corrected chi connectivity index (χ1v) is 6.38. The summed E-state index contributed by atoms with van der Waals surface area (Å²) in [6.45, 7) is 4.78. The smallest absolute Gasteiger partial charge is 0.0573 e. The van der Waals surface area contributed by atoms with Gasteiger partial charge < -0.3 is 10.2 Å². The van der Waals surface area contributed by atoms with Crippen molar-refractivity contribution in [2.75, 3.05) is 6.61 Å². The molecule has 0 amide bonds. The summed E-state index contributed by atoms with van der Waals surface area (Å²) >= 11 is 0. The third-order valence-electron chi connectivity index (χ3n) is 5.14. The molecule has 2 fully saturated rings. The van der Waals surface area contributed by atoms with Crippen molar-refractivity contribution in [3.63, 3.8) is 0 Å². The van der Waals surface area contributed by atoms with Crippen molar-refractivity contribution in [3.8, 4) is 0 Å². The van der Waals surface area contributed by atoms with Crippen molar-refractivity contribution in [2.45, 2.75) is 52.1 Å². The Kier molecular flexibility index (Phi) is 9.66. The summed E-state index contributed by atoms with van der Waals surface area (Å²) < 4.78 is 0.